The second-order valence-electron chi connectivity index (χ2n) is 2.82. The number of allylic oxidation sites excluding steroid dienone is 1. The summed E-state index contributed by atoms with van der Waals surface area (Å²) in [7, 11) is 0. The summed E-state index contributed by atoms with van der Waals surface area (Å²) in [5.41, 5.74) is 7.72. The van der Waals surface area contributed by atoms with Gasteiger partial charge in [0.1, 0.15) is 0 Å². The molecule has 0 heterocycles. The number of nitrogens with two attached hydrogens (primary N) is 1. The number of para-hydroxylation sites is 1. The van der Waals surface area contributed by atoms with Crippen LogP contribution in [0.1, 0.15) is 25.3 Å². The van der Waals surface area contributed by atoms with E-state index >= 15 is 0 Å². The van der Waals surface area contributed by atoms with Gasteiger partial charge in [-0.15, -0.1) is 0 Å². The Bertz CT molecular complexity index is 263. The van der Waals surface area contributed by atoms with Gasteiger partial charge in [0.2, 0.25) is 0 Å². The molecule has 0 aliphatic carbocycles. The van der Waals surface area contributed by atoms with E-state index in [0.717, 1.165) is 17.7 Å². The van der Waals surface area contributed by atoms with Crippen molar-refractivity contribution >= 4 is 11.8 Å². The van der Waals surface area contributed by atoms with E-state index in [1.54, 1.807) is 0 Å². The smallest absolute Gasteiger partial charge is 0.0387 e. The summed E-state index contributed by atoms with van der Waals surface area (Å²) in [4.78, 5) is 0. The standard InChI is InChI=1S/C11H15N/c1-2-3-4-7-10-8-5-6-9-11(10)12/h4-9H,2-3,12H2,1H3. The zero-order valence-corrected chi connectivity index (χ0v) is 7.46. The first kappa shape index (κ1) is 8.85. The lowest BCUT2D eigenvalue weighted by Crippen LogP contribution is -1.87. The van der Waals surface area contributed by atoms with Gasteiger partial charge in [-0.1, -0.05) is 43.7 Å². The molecule has 1 aromatic rings. The van der Waals surface area contributed by atoms with Crippen molar-refractivity contribution in [3.05, 3.63) is 35.9 Å². The van der Waals surface area contributed by atoms with E-state index in [0.29, 0.717) is 0 Å². The second kappa shape index (κ2) is 4.60. The quantitative estimate of drug-likeness (QED) is 0.677. The van der Waals surface area contributed by atoms with Gasteiger partial charge in [0.25, 0.3) is 0 Å². The Labute approximate surface area is 73.9 Å². The zero-order chi connectivity index (χ0) is 8.81. The third kappa shape index (κ3) is 2.42. The minimum absolute atomic E-state index is 0.852. The molecule has 2 N–H and O–H groups in total. The summed E-state index contributed by atoms with van der Waals surface area (Å²) >= 11 is 0. The minimum Gasteiger partial charge on any atom is -0.398 e. The molecule has 1 aromatic carbocycles. The fraction of sp³-hybridized carbons (Fsp3) is 0.273. The van der Waals surface area contributed by atoms with E-state index < -0.39 is 0 Å². The summed E-state index contributed by atoms with van der Waals surface area (Å²) in [5.74, 6) is 0. The van der Waals surface area contributed by atoms with Crippen LogP contribution in [-0.2, 0) is 0 Å². The van der Waals surface area contributed by atoms with E-state index in [1.807, 2.05) is 24.3 Å². The molecule has 0 radical (unpaired) electrons. The molecule has 64 valence electrons. The minimum atomic E-state index is 0.852. The molecule has 0 aliphatic heterocycles. The maximum atomic E-state index is 5.75. The van der Waals surface area contributed by atoms with Crippen LogP contribution in [0.15, 0.2) is 30.3 Å². The molecule has 1 heteroatoms. The van der Waals surface area contributed by atoms with Crippen LogP contribution < -0.4 is 5.73 Å². The summed E-state index contributed by atoms with van der Waals surface area (Å²) in [5, 5.41) is 0. The molecule has 12 heavy (non-hydrogen) atoms. The highest BCUT2D eigenvalue weighted by atomic mass is 14.5. The van der Waals surface area contributed by atoms with E-state index in [2.05, 4.69) is 19.1 Å². The lowest BCUT2D eigenvalue weighted by molar-refractivity contribution is 0.962. The van der Waals surface area contributed by atoms with Gasteiger partial charge >= 0.3 is 0 Å². The van der Waals surface area contributed by atoms with Crippen LogP contribution in [0.5, 0.6) is 0 Å². The van der Waals surface area contributed by atoms with E-state index in [-0.39, 0.29) is 0 Å². The molecule has 1 nitrogen and oxygen atoms in total. The van der Waals surface area contributed by atoms with Crippen LogP contribution in [0.4, 0.5) is 5.69 Å². The Balaban J connectivity index is 2.68. The SMILES string of the molecule is CCCC=Cc1ccccc1N. The molecule has 0 spiro atoms. The van der Waals surface area contributed by atoms with Crippen LogP contribution in [0.2, 0.25) is 0 Å². The summed E-state index contributed by atoms with van der Waals surface area (Å²) in [6, 6.07) is 7.90. The molecule has 0 atom stereocenters. The number of nitrogen functional groups attached to an aromatic ring is 1. The fourth-order valence-electron chi connectivity index (χ4n) is 1.04. The van der Waals surface area contributed by atoms with Crippen LogP contribution >= 0.6 is 0 Å². The average molecular weight is 161 g/mol. The molecule has 0 bridgehead atoms. The average Bonchev–Trinajstić information content (AvgIpc) is 2.09. The van der Waals surface area contributed by atoms with Crippen molar-refractivity contribution in [2.45, 2.75) is 19.8 Å². The third-order valence-corrected chi connectivity index (χ3v) is 1.75. The first-order valence-electron chi connectivity index (χ1n) is 4.35. The molecule has 0 amide bonds. The van der Waals surface area contributed by atoms with Crippen LogP contribution in [-0.4, -0.2) is 0 Å². The Hall–Kier alpha value is -1.24. The maximum Gasteiger partial charge on any atom is 0.0387 e. The number of benzene rings is 1. The lowest BCUT2D eigenvalue weighted by atomic mass is 10.1. The molecular weight excluding hydrogens is 146 g/mol. The highest BCUT2D eigenvalue weighted by Crippen LogP contribution is 2.12. The van der Waals surface area contributed by atoms with Gasteiger partial charge in [0, 0.05) is 5.69 Å². The van der Waals surface area contributed by atoms with Crippen LogP contribution in [0.25, 0.3) is 6.08 Å². The van der Waals surface area contributed by atoms with Gasteiger partial charge in [0.15, 0.2) is 0 Å². The van der Waals surface area contributed by atoms with Gasteiger partial charge in [-0.2, -0.15) is 0 Å². The molecule has 1 rings (SSSR count). The third-order valence-electron chi connectivity index (χ3n) is 1.75. The first-order valence-corrected chi connectivity index (χ1v) is 4.35. The van der Waals surface area contributed by atoms with Crippen molar-refractivity contribution in [2.24, 2.45) is 0 Å². The highest BCUT2D eigenvalue weighted by Gasteiger charge is 1.89. The van der Waals surface area contributed by atoms with Gasteiger partial charge in [-0.3, -0.25) is 0 Å². The maximum absolute atomic E-state index is 5.75. The molecule has 0 unspecified atom stereocenters. The monoisotopic (exact) mass is 161 g/mol. The summed E-state index contributed by atoms with van der Waals surface area (Å²) in [6.45, 7) is 2.17. The molecular formula is C11H15N. The first-order chi connectivity index (χ1) is 5.84. The molecule has 0 aliphatic rings. The fourth-order valence-corrected chi connectivity index (χ4v) is 1.04. The Morgan fingerprint density at radius 3 is 2.75 bits per heavy atom. The van der Waals surface area contributed by atoms with E-state index in [1.165, 1.54) is 6.42 Å². The highest BCUT2D eigenvalue weighted by molar-refractivity contribution is 5.63. The number of anilines is 1. The van der Waals surface area contributed by atoms with Crippen molar-refractivity contribution < 1.29 is 0 Å². The van der Waals surface area contributed by atoms with Crippen LogP contribution in [0, 0.1) is 0 Å². The molecule has 0 aromatic heterocycles. The van der Waals surface area contributed by atoms with Crippen LogP contribution in [0.3, 0.4) is 0 Å². The van der Waals surface area contributed by atoms with Crippen molar-refractivity contribution in [3.63, 3.8) is 0 Å². The van der Waals surface area contributed by atoms with Gasteiger partial charge in [-0.05, 0) is 18.1 Å². The summed E-state index contributed by atoms with van der Waals surface area (Å²) < 4.78 is 0. The van der Waals surface area contributed by atoms with Crippen molar-refractivity contribution in [1.29, 1.82) is 0 Å². The molecule has 0 saturated carbocycles. The van der Waals surface area contributed by atoms with Gasteiger partial charge < -0.3 is 5.73 Å². The lowest BCUT2D eigenvalue weighted by Gasteiger charge is -1.97. The normalized spacial score (nSPS) is 10.8. The topological polar surface area (TPSA) is 26.0 Å². The van der Waals surface area contributed by atoms with Gasteiger partial charge in [-0.25, -0.2) is 0 Å². The Morgan fingerprint density at radius 2 is 2.08 bits per heavy atom. The number of hydrogen-bond acceptors (Lipinski definition) is 1. The van der Waals surface area contributed by atoms with Crippen molar-refractivity contribution in [3.8, 4) is 0 Å². The van der Waals surface area contributed by atoms with Crippen molar-refractivity contribution in [1.82, 2.24) is 0 Å². The second-order valence-corrected chi connectivity index (χ2v) is 2.82. The summed E-state index contributed by atoms with van der Waals surface area (Å²) in [6.07, 6.45) is 6.54. The largest absolute Gasteiger partial charge is 0.398 e. The predicted octanol–water partition coefficient (Wildman–Crippen LogP) is 3.08. The van der Waals surface area contributed by atoms with Crippen molar-refractivity contribution in [2.75, 3.05) is 5.73 Å². The van der Waals surface area contributed by atoms with E-state index in [4.69, 9.17) is 5.73 Å². The number of rotatable bonds is 3. The van der Waals surface area contributed by atoms with E-state index in [9.17, 15) is 0 Å². The zero-order valence-electron chi connectivity index (χ0n) is 7.46. The number of unbranched alkanes of at least 4 members (excludes halogenated alkanes) is 1. The number of hydrogen-bond donors (Lipinski definition) is 1. The molecule has 0 saturated heterocycles. The molecule has 0 fully saturated rings. The Morgan fingerprint density at radius 1 is 1.33 bits per heavy atom. The Kier molecular flexibility index (Phi) is 3.39. The van der Waals surface area contributed by atoms with Gasteiger partial charge in [0.05, 0.1) is 0 Å². The predicted molar refractivity (Wildman–Crippen MR) is 54.8 cm³/mol.